The predicted molar refractivity (Wildman–Crippen MR) is 68.1 cm³/mol. The van der Waals surface area contributed by atoms with Gasteiger partial charge in [0.1, 0.15) is 0 Å². The van der Waals surface area contributed by atoms with Crippen LogP contribution in [0, 0.1) is 12.8 Å². The van der Waals surface area contributed by atoms with Gasteiger partial charge in [-0.05, 0) is 49.7 Å². The van der Waals surface area contributed by atoms with Gasteiger partial charge < -0.3 is 16.2 Å². The highest BCUT2D eigenvalue weighted by Crippen LogP contribution is 2.35. The molecule has 1 aliphatic heterocycles. The van der Waals surface area contributed by atoms with Gasteiger partial charge in [0.15, 0.2) is 0 Å². The van der Waals surface area contributed by atoms with Gasteiger partial charge in [0.2, 0.25) is 5.91 Å². The van der Waals surface area contributed by atoms with E-state index >= 15 is 0 Å². The number of rotatable bonds is 3. The molecular formula is C12H18N2O2S. The zero-order chi connectivity index (χ0) is 12.4. The van der Waals surface area contributed by atoms with Crippen molar-refractivity contribution >= 4 is 17.2 Å². The number of carbonyl (C=O) groups excluding carboxylic acids is 1. The van der Waals surface area contributed by atoms with Crippen LogP contribution in [0.3, 0.4) is 0 Å². The summed E-state index contributed by atoms with van der Waals surface area (Å²) in [5, 5.41) is 15.5. The SMILES string of the molecule is Cc1csc(C(O)C2CCNCC2)c1C(N)=O. The molecule has 0 spiro atoms. The Morgan fingerprint density at radius 2 is 2.24 bits per heavy atom. The largest absolute Gasteiger partial charge is 0.387 e. The Morgan fingerprint density at radius 3 is 2.82 bits per heavy atom. The number of primary amides is 1. The van der Waals surface area contributed by atoms with Gasteiger partial charge in [0.25, 0.3) is 0 Å². The minimum Gasteiger partial charge on any atom is -0.387 e. The van der Waals surface area contributed by atoms with E-state index in [4.69, 9.17) is 5.73 Å². The molecule has 1 aromatic heterocycles. The highest BCUT2D eigenvalue weighted by molar-refractivity contribution is 7.10. The van der Waals surface area contributed by atoms with Gasteiger partial charge in [-0.2, -0.15) is 0 Å². The number of amides is 1. The molecule has 17 heavy (non-hydrogen) atoms. The first-order chi connectivity index (χ1) is 8.11. The molecule has 1 unspecified atom stereocenters. The Bertz CT molecular complexity index is 411. The van der Waals surface area contributed by atoms with Gasteiger partial charge >= 0.3 is 0 Å². The first-order valence-electron chi connectivity index (χ1n) is 5.88. The smallest absolute Gasteiger partial charge is 0.250 e. The normalized spacial score (nSPS) is 19.2. The Balaban J connectivity index is 2.23. The van der Waals surface area contributed by atoms with Crippen molar-refractivity contribution in [2.75, 3.05) is 13.1 Å². The second-order valence-corrected chi connectivity index (χ2v) is 5.47. The number of nitrogens with two attached hydrogens (primary N) is 1. The van der Waals surface area contributed by atoms with Crippen molar-refractivity contribution in [2.24, 2.45) is 11.7 Å². The predicted octanol–water partition coefficient (Wildman–Crippen LogP) is 1.19. The highest BCUT2D eigenvalue weighted by Gasteiger charge is 2.28. The number of carbonyl (C=O) groups is 1. The van der Waals surface area contributed by atoms with Crippen LogP contribution in [0.1, 0.15) is 39.7 Å². The van der Waals surface area contributed by atoms with Crippen LogP contribution in [0.15, 0.2) is 5.38 Å². The molecule has 1 aliphatic rings. The number of hydrogen-bond acceptors (Lipinski definition) is 4. The quantitative estimate of drug-likeness (QED) is 0.758. The van der Waals surface area contributed by atoms with Crippen LogP contribution in [0.2, 0.25) is 0 Å². The van der Waals surface area contributed by atoms with Crippen LogP contribution >= 0.6 is 11.3 Å². The van der Waals surface area contributed by atoms with E-state index < -0.39 is 12.0 Å². The first kappa shape index (κ1) is 12.5. The molecule has 4 nitrogen and oxygen atoms in total. The molecule has 0 aromatic carbocycles. The number of aryl methyl sites for hydroxylation is 1. The lowest BCUT2D eigenvalue weighted by atomic mass is 9.90. The monoisotopic (exact) mass is 254 g/mol. The average Bonchev–Trinajstić information content (AvgIpc) is 2.71. The van der Waals surface area contributed by atoms with E-state index in [-0.39, 0.29) is 5.92 Å². The molecule has 2 rings (SSSR count). The van der Waals surface area contributed by atoms with Crippen molar-refractivity contribution in [3.63, 3.8) is 0 Å². The molecular weight excluding hydrogens is 236 g/mol. The van der Waals surface area contributed by atoms with Crippen molar-refractivity contribution in [1.82, 2.24) is 5.32 Å². The zero-order valence-electron chi connectivity index (χ0n) is 9.90. The third-order valence-corrected chi connectivity index (χ3v) is 4.52. The lowest BCUT2D eigenvalue weighted by Crippen LogP contribution is -2.31. The lowest BCUT2D eigenvalue weighted by Gasteiger charge is -2.27. The summed E-state index contributed by atoms with van der Waals surface area (Å²) in [6.07, 6.45) is 1.32. The molecule has 4 N–H and O–H groups in total. The maximum absolute atomic E-state index is 11.4. The van der Waals surface area contributed by atoms with Crippen LogP contribution < -0.4 is 11.1 Å². The fraction of sp³-hybridized carbons (Fsp3) is 0.583. The fourth-order valence-electron chi connectivity index (χ4n) is 2.37. The van der Waals surface area contributed by atoms with E-state index in [0.717, 1.165) is 36.4 Å². The van der Waals surface area contributed by atoms with Crippen molar-refractivity contribution in [3.8, 4) is 0 Å². The topological polar surface area (TPSA) is 75.3 Å². The number of hydrogen-bond donors (Lipinski definition) is 3. The summed E-state index contributed by atoms with van der Waals surface area (Å²) >= 11 is 1.44. The summed E-state index contributed by atoms with van der Waals surface area (Å²) in [6.45, 7) is 3.71. The number of nitrogens with one attached hydrogen (secondary N) is 1. The first-order valence-corrected chi connectivity index (χ1v) is 6.75. The summed E-state index contributed by atoms with van der Waals surface area (Å²) in [5.74, 6) is -0.209. The molecule has 0 aliphatic carbocycles. The van der Waals surface area contributed by atoms with Crippen molar-refractivity contribution in [2.45, 2.75) is 25.9 Å². The van der Waals surface area contributed by atoms with Crippen LogP contribution in [-0.4, -0.2) is 24.1 Å². The van der Waals surface area contributed by atoms with Crippen LogP contribution in [0.25, 0.3) is 0 Å². The van der Waals surface area contributed by atoms with Crippen molar-refractivity contribution < 1.29 is 9.90 Å². The van der Waals surface area contributed by atoms with E-state index in [9.17, 15) is 9.90 Å². The molecule has 1 aromatic rings. The summed E-state index contributed by atoms with van der Waals surface area (Å²) in [4.78, 5) is 12.1. The summed E-state index contributed by atoms with van der Waals surface area (Å²) < 4.78 is 0. The Labute approximate surface area is 105 Å². The van der Waals surface area contributed by atoms with E-state index in [0.29, 0.717) is 5.56 Å². The third-order valence-electron chi connectivity index (χ3n) is 3.35. The zero-order valence-corrected chi connectivity index (χ0v) is 10.7. The molecule has 1 saturated heterocycles. The van der Waals surface area contributed by atoms with E-state index in [2.05, 4.69) is 5.32 Å². The molecule has 0 saturated carbocycles. The number of thiophene rings is 1. The standard InChI is InChI=1S/C12H18N2O2S/c1-7-6-17-11(9(7)12(13)16)10(15)8-2-4-14-5-3-8/h6,8,10,14-15H,2-5H2,1H3,(H2,13,16). The van der Waals surface area contributed by atoms with Gasteiger partial charge in [0, 0.05) is 4.88 Å². The molecule has 0 radical (unpaired) electrons. The van der Waals surface area contributed by atoms with Gasteiger partial charge in [0.05, 0.1) is 11.7 Å². The Hall–Kier alpha value is -0.910. The van der Waals surface area contributed by atoms with E-state index in [1.165, 1.54) is 11.3 Å². The molecule has 1 fully saturated rings. The second kappa shape index (κ2) is 5.16. The van der Waals surface area contributed by atoms with E-state index in [1.807, 2.05) is 12.3 Å². The summed E-state index contributed by atoms with van der Waals surface area (Å²) in [6, 6.07) is 0. The van der Waals surface area contributed by atoms with Gasteiger partial charge in [-0.15, -0.1) is 11.3 Å². The second-order valence-electron chi connectivity index (χ2n) is 4.55. The number of piperidine rings is 1. The lowest BCUT2D eigenvalue weighted by molar-refractivity contribution is 0.0878. The average molecular weight is 254 g/mol. The molecule has 5 heteroatoms. The molecule has 0 bridgehead atoms. The highest BCUT2D eigenvalue weighted by atomic mass is 32.1. The maximum Gasteiger partial charge on any atom is 0.250 e. The summed E-state index contributed by atoms with van der Waals surface area (Å²) in [5.41, 5.74) is 6.75. The molecule has 1 atom stereocenters. The maximum atomic E-state index is 11.4. The minimum atomic E-state index is -0.557. The van der Waals surface area contributed by atoms with Crippen LogP contribution in [0.5, 0.6) is 0 Å². The van der Waals surface area contributed by atoms with Crippen molar-refractivity contribution in [1.29, 1.82) is 0 Å². The number of aliphatic hydroxyl groups is 1. The molecule has 2 heterocycles. The Morgan fingerprint density at radius 1 is 1.59 bits per heavy atom. The Kier molecular flexibility index (Phi) is 3.81. The third kappa shape index (κ3) is 2.51. The van der Waals surface area contributed by atoms with Crippen molar-refractivity contribution in [3.05, 3.63) is 21.4 Å². The minimum absolute atomic E-state index is 0.229. The van der Waals surface area contributed by atoms with Gasteiger partial charge in [-0.25, -0.2) is 0 Å². The van der Waals surface area contributed by atoms with Crippen LogP contribution in [-0.2, 0) is 0 Å². The van der Waals surface area contributed by atoms with Gasteiger partial charge in [-0.1, -0.05) is 0 Å². The van der Waals surface area contributed by atoms with Crippen LogP contribution in [0.4, 0.5) is 0 Å². The van der Waals surface area contributed by atoms with E-state index in [1.54, 1.807) is 0 Å². The number of aliphatic hydroxyl groups excluding tert-OH is 1. The fourth-order valence-corrected chi connectivity index (χ4v) is 3.50. The molecule has 94 valence electrons. The van der Waals surface area contributed by atoms with Gasteiger partial charge in [-0.3, -0.25) is 4.79 Å². The summed E-state index contributed by atoms with van der Waals surface area (Å²) in [7, 11) is 0. The molecule has 1 amide bonds.